The van der Waals surface area contributed by atoms with Gasteiger partial charge in [-0.2, -0.15) is 17.6 Å². The van der Waals surface area contributed by atoms with Crippen LogP contribution in [0.5, 0.6) is 5.75 Å². The molecule has 1 atom stereocenters. The summed E-state index contributed by atoms with van der Waals surface area (Å²) in [5.41, 5.74) is 1.39. The second-order valence-corrected chi connectivity index (χ2v) is 11.2. The van der Waals surface area contributed by atoms with Gasteiger partial charge in [-0.1, -0.05) is 49.0 Å². The van der Waals surface area contributed by atoms with Gasteiger partial charge in [-0.15, -0.1) is 0 Å². The van der Waals surface area contributed by atoms with Gasteiger partial charge in [0.15, 0.2) is 4.90 Å². The van der Waals surface area contributed by atoms with Crippen molar-refractivity contribution in [1.82, 2.24) is 0 Å². The van der Waals surface area contributed by atoms with E-state index in [9.17, 15) is 39.9 Å². The van der Waals surface area contributed by atoms with E-state index >= 15 is 0 Å². The zero-order valence-electron chi connectivity index (χ0n) is 17.6. The predicted molar refractivity (Wildman–Crippen MR) is 119 cm³/mol. The standard InChI is InChI=1S/C18H16OS.C4H2F6NO2S/c1-20(17-11-9-16(19)10-12-17)13-15-7-4-6-14-5-2-3-8-18(14)15;5-2(6)1-11-14(12,13)4(9,10)3(2,7)8/h2-12H,13H2,1H3;1H2/q;-1/p+1. The third-order valence-electron chi connectivity index (χ3n) is 5.07. The molecule has 3 aromatic rings. The molecule has 1 heterocycles. The van der Waals surface area contributed by atoms with E-state index in [4.69, 9.17) is 0 Å². The van der Waals surface area contributed by atoms with Crippen LogP contribution >= 0.6 is 0 Å². The molecule has 1 aliphatic heterocycles. The van der Waals surface area contributed by atoms with Gasteiger partial charge < -0.3 is 9.83 Å². The highest BCUT2D eigenvalue weighted by Crippen LogP contribution is 2.53. The van der Waals surface area contributed by atoms with E-state index in [1.54, 1.807) is 12.1 Å². The first-order valence-corrected chi connectivity index (χ1v) is 12.9. The fourth-order valence-corrected chi connectivity index (χ4v) is 5.59. The summed E-state index contributed by atoms with van der Waals surface area (Å²) in [6.07, 6.45) is 2.26. The maximum atomic E-state index is 12.3. The predicted octanol–water partition coefficient (Wildman–Crippen LogP) is 5.92. The Labute approximate surface area is 195 Å². The molecule has 1 unspecified atom stereocenters. The highest BCUT2D eigenvalue weighted by atomic mass is 32.2. The third-order valence-corrected chi connectivity index (χ3v) is 8.27. The molecule has 184 valence electrons. The highest BCUT2D eigenvalue weighted by Gasteiger charge is 2.76. The Morgan fingerprint density at radius 2 is 1.50 bits per heavy atom. The Bertz CT molecular complexity index is 1260. The molecule has 1 aliphatic rings. The summed E-state index contributed by atoms with van der Waals surface area (Å²) < 4.78 is 96.2. The number of phenols is 1. The van der Waals surface area contributed by atoms with Crippen LogP contribution < -0.4 is 0 Å². The van der Waals surface area contributed by atoms with E-state index in [-0.39, 0.29) is 10.9 Å². The molecule has 1 saturated heterocycles. The van der Waals surface area contributed by atoms with E-state index in [1.807, 2.05) is 16.9 Å². The summed E-state index contributed by atoms with van der Waals surface area (Å²) in [7, 11) is -5.74. The van der Waals surface area contributed by atoms with Crippen LogP contribution in [-0.4, -0.2) is 43.4 Å². The number of sulfonamides is 1. The number of alkyl halides is 6. The van der Waals surface area contributed by atoms with Crippen molar-refractivity contribution in [3.8, 4) is 5.75 Å². The second kappa shape index (κ2) is 9.31. The fraction of sp³-hybridized carbons (Fsp3) is 0.273. The molecule has 0 amide bonds. The van der Waals surface area contributed by atoms with Crippen molar-refractivity contribution in [2.45, 2.75) is 27.7 Å². The number of aromatic hydroxyl groups is 1. The van der Waals surface area contributed by atoms with Gasteiger partial charge in [0.2, 0.25) is 0 Å². The van der Waals surface area contributed by atoms with Crippen LogP contribution in [-0.2, 0) is 26.7 Å². The molecule has 12 heteroatoms. The van der Waals surface area contributed by atoms with Crippen molar-refractivity contribution in [1.29, 1.82) is 0 Å². The van der Waals surface area contributed by atoms with Crippen LogP contribution in [0, 0.1) is 0 Å². The van der Waals surface area contributed by atoms with Gasteiger partial charge in [-0.05, 0) is 35.0 Å². The maximum Gasteiger partial charge on any atom is 0.397 e. The van der Waals surface area contributed by atoms with Crippen molar-refractivity contribution >= 4 is 31.7 Å². The minimum Gasteiger partial charge on any atom is -0.539 e. The van der Waals surface area contributed by atoms with Crippen LogP contribution in [0.4, 0.5) is 26.3 Å². The Balaban J connectivity index is 0.000000204. The molecule has 0 spiro atoms. The van der Waals surface area contributed by atoms with Crippen molar-refractivity contribution in [3.63, 3.8) is 0 Å². The summed E-state index contributed by atoms with van der Waals surface area (Å²) in [5, 5.41) is 6.14. The lowest BCUT2D eigenvalue weighted by atomic mass is 10.1. The number of hydrogen-bond acceptors (Lipinski definition) is 3. The van der Waals surface area contributed by atoms with E-state index in [0.717, 1.165) is 5.75 Å². The first-order chi connectivity index (χ1) is 15.7. The first-order valence-electron chi connectivity index (χ1n) is 9.64. The second-order valence-electron chi connectivity index (χ2n) is 7.47. The van der Waals surface area contributed by atoms with Gasteiger partial charge in [-0.3, -0.25) is 0 Å². The molecular formula is C22H19F6NO3S2. The number of fused-ring (bicyclic) bond motifs is 1. The average Bonchev–Trinajstić information content (AvgIpc) is 2.78. The maximum absolute atomic E-state index is 12.3. The van der Waals surface area contributed by atoms with Crippen LogP contribution in [0.2, 0.25) is 0 Å². The van der Waals surface area contributed by atoms with E-state index in [2.05, 4.69) is 48.7 Å². The molecule has 0 radical (unpaired) electrons. The molecule has 0 saturated carbocycles. The van der Waals surface area contributed by atoms with Crippen LogP contribution in [0.3, 0.4) is 0 Å². The third kappa shape index (κ3) is 4.84. The first kappa shape index (κ1) is 26.2. The number of phenolic OH excluding ortho intramolecular Hbond substituents is 1. The molecule has 0 aromatic heterocycles. The van der Waals surface area contributed by atoms with Crippen LogP contribution in [0.25, 0.3) is 15.5 Å². The minimum absolute atomic E-state index is 0.140. The zero-order valence-corrected chi connectivity index (χ0v) is 19.2. The zero-order chi connectivity index (χ0) is 25.4. The minimum atomic E-state index is -5.94. The normalized spacial score (nSPS) is 20.7. The van der Waals surface area contributed by atoms with Gasteiger partial charge in [0.05, 0.1) is 0 Å². The van der Waals surface area contributed by atoms with Gasteiger partial charge in [0.25, 0.3) is 5.92 Å². The molecule has 1 N–H and O–H groups in total. The summed E-state index contributed by atoms with van der Waals surface area (Å²) in [6, 6.07) is 22.6. The average molecular weight is 524 g/mol. The van der Waals surface area contributed by atoms with Gasteiger partial charge in [-0.25, -0.2) is 17.2 Å². The lowest BCUT2D eigenvalue weighted by Gasteiger charge is -2.43. The summed E-state index contributed by atoms with van der Waals surface area (Å²) in [4.78, 5) is 1.29. The van der Waals surface area contributed by atoms with E-state index < -0.39 is 33.7 Å². The quantitative estimate of drug-likeness (QED) is 0.342. The SMILES string of the molecule is C[S+](Cc1cccc2ccccc12)c1ccc(O)cc1.O=S1(=O)[N-]CC(F)(F)C(F)(F)C1(F)F. The van der Waals surface area contributed by atoms with Gasteiger partial charge >= 0.3 is 11.2 Å². The number of benzene rings is 3. The molecule has 1 fully saturated rings. The van der Waals surface area contributed by atoms with Crippen LogP contribution in [0.1, 0.15) is 5.56 Å². The summed E-state index contributed by atoms with van der Waals surface area (Å²) >= 11 is 0. The molecule has 3 aromatic carbocycles. The Kier molecular flexibility index (Phi) is 7.16. The topological polar surface area (TPSA) is 68.5 Å². The number of nitrogens with zero attached hydrogens (tertiary/aromatic N) is 1. The van der Waals surface area contributed by atoms with Crippen molar-refractivity contribution in [2.24, 2.45) is 0 Å². The van der Waals surface area contributed by atoms with Gasteiger partial charge in [0.1, 0.15) is 27.8 Å². The number of rotatable bonds is 3. The molecule has 0 aliphatic carbocycles. The monoisotopic (exact) mass is 523 g/mol. The Morgan fingerprint density at radius 1 is 0.912 bits per heavy atom. The molecule has 0 bridgehead atoms. The number of halogens is 6. The smallest absolute Gasteiger partial charge is 0.397 e. The van der Waals surface area contributed by atoms with E-state index in [0.29, 0.717) is 5.75 Å². The Hall–Kier alpha value is -2.44. The lowest BCUT2D eigenvalue weighted by molar-refractivity contribution is -0.276. The summed E-state index contributed by atoms with van der Waals surface area (Å²) in [5.74, 6) is -9.75. The van der Waals surface area contributed by atoms with Crippen molar-refractivity contribution in [3.05, 3.63) is 77.0 Å². The summed E-state index contributed by atoms with van der Waals surface area (Å²) in [6.45, 7) is -2.17. The van der Waals surface area contributed by atoms with Gasteiger partial charge in [0, 0.05) is 16.5 Å². The van der Waals surface area contributed by atoms with E-state index in [1.165, 1.54) is 21.2 Å². The Morgan fingerprint density at radius 3 is 2.12 bits per heavy atom. The molecule has 4 rings (SSSR count). The lowest BCUT2D eigenvalue weighted by Crippen LogP contribution is -2.62. The number of hydrogen-bond donors (Lipinski definition) is 1. The molecule has 4 nitrogen and oxygen atoms in total. The largest absolute Gasteiger partial charge is 0.539 e. The van der Waals surface area contributed by atoms with Crippen molar-refractivity contribution in [2.75, 3.05) is 12.8 Å². The van der Waals surface area contributed by atoms with Crippen molar-refractivity contribution < 1.29 is 39.9 Å². The van der Waals surface area contributed by atoms with Crippen LogP contribution in [0.15, 0.2) is 71.6 Å². The fourth-order valence-electron chi connectivity index (χ4n) is 3.13. The highest BCUT2D eigenvalue weighted by molar-refractivity contribution is 7.95. The molecular weight excluding hydrogens is 504 g/mol. The molecule has 34 heavy (non-hydrogen) atoms.